The van der Waals surface area contributed by atoms with Gasteiger partial charge in [0.2, 0.25) is 0 Å². The number of nitrogens with zero attached hydrogens (tertiary/aromatic N) is 2. The predicted molar refractivity (Wildman–Crippen MR) is 107 cm³/mol. The number of ether oxygens (including phenoxy) is 1. The lowest BCUT2D eigenvalue weighted by Gasteiger charge is -2.27. The highest BCUT2D eigenvalue weighted by Crippen LogP contribution is 2.28. The van der Waals surface area contributed by atoms with E-state index in [9.17, 15) is 4.79 Å². The molecule has 0 aromatic heterocycles. The summed E-state index contributed by atoms with van der Waals surface area (Å²) in [6.45, 7) is 14.7. The van der Waals surface area contributed by atoms with E-state index in [2.05, 4.69) is 57.5 Å². The van der Waals surface area contributed by atoms with Crippen LogP contribution in [0, 0.1) is 11.8 Å². The van der Waals surface area contributed by atoms with Crippen LogP contribution in [0.25, 0.3) is 0 Å². The van der Waals surface area contributed by atoms with Crippen molar-refractivity contribution in [2.24, 2.45) is 11.8 Å². The highest BCUT2D eigenvalue weighted by atomic mass is 16.7. The number of allylic oxidation sites excluding steroid dienone is 1. The van der Waals surface area contributed by atoms with Gasteiger partial charge in [0.05, 0.1) is 24.2 Å². The summed E-state index contributed by atoms with van der Waals surface area (Å²) in [6.07, 6.45) is 1.16. The topological polar surface area (TPSA) is 54.0 Å². The van der Waals surface area contributed by atoms with Crippen molar-refractivity contribution in [1.29, 1.82) is 0 Å². The van der Waals surface area contributed by atoms with E-state index in [1.165, 1.54) is 10.7 Å². The third-order valence-corrected chi connectivity index (χ3v) is 4.28. The van der Waals surface area contributed by atoms with Crippen LogP contribution < -0.4 is 10.5 Å². The molecule has 0 spiro atoms. The molecule has 1 unspecified atom stereocenters. The molecule has 1 aliphatic heterocycles. The molecule has 0 saturated carbocycles. The third-order valence-electron chi connectivity index (χ3n) is 4.28. The van der Waals surface area contributed by atoms with Crippen molar-refractivity contribution in [2.75, 3.05) is 11.6 Å². The number of hydroxylamine groups is 1. The van der Waals surface area contributed by atoms with Gasteiger partial charge in [0.1, 0.15) is 0 Å². The zero-order valence-electron chi connectivity index (χ0n) is 17.5. The Morgan fingerprint density at radius 2 is 1.63 bits per heavy atom. The molecule has 1 atom stereocenters. The molecule has 0 saturated heterocycles. The number of esters is 1. The second-order valence-corrected chi connectivity index (χ2v) is 7.99. The zero-order valence-corrected chi connectivity index (χ0v) is 17.5. The Morgan fingerprint density at radius 3 is 2.15 bits per heavy atom. The minimum Gasteiger partial charge on any atom is -0.463 e. The molecule has 1 N–H and O–H groups in total. The predicted octanol–water partition coefficient (Wildman–Crippen LogP) is 4.37. The van der Waals surface area contributed by atoms with Crippen molar-refractivity contribution < 1.29 is 14.4 Å². The van der Waals surface area contributed by atoms with Crippen LogP contribution in [0.4, 0.5) is 5.69 Å². The molecule has 150 valence electrons. The normalized spacial score (nSPS) is 15.7. The van der Waals surface area contributed by atoms with Gasteiger partial charge < -0.3 is 4.74 Å². The summed E-state index contributed by atoms with van der Waals surface area (Å²) in [4.78, 5) is 17.8. The minimum absolute atomic E-state index is 0.277. The molecule has 1 aromatic carbocycles. The highest BCUT2D eigenvalue weighted by molar-refractivity contribution is 5.74. The largest absolute Gasteiger partial charge is 0.463 e. The Morgan fingerprint density at radius 1 is 1.00 bits per heavy atom. The molecule has 0 radical (unpaired) electrons. The number of carbonyl (C=O) groups is 1. The molecule has 6 nitrogen and oxygen atoms in total. The third kappa shape index (κ3) is 5.71. The first-order valence-electron chi connectivity index (χ1n) is 9.69. The molecular weight excluding hydrogens is 342 g/mol. The first-order chi connectivity index (χ1) is 12.7. The fourth-order valence-corrected chi connectivity index (χ4v) is 2.62. The van der Waals surface area contributed by atoms with Crippen LogP contribution >= 0.6 is 0 Å². The van der Waals surface area contributed by atoms with E-state index in [0.29, 0.717) is 18.4 Å². The quantitative estimate of drug-likeness (QED) is 0.681. The summed E-state index contributed by atoms with van der Waals surface area (Å²) < 4.78 is 5.24. The van der Waals surface area contributed by atoms with Gasteiger partial charge in [0.15, 0.2) is 6.10 Å². The number of nitrogens with one attached hydrogen (secondary N) is 1. The van der Waals surface area contributed by atoms with E-state index in [4.69, 9.17) is 9.57 Å². The zero-order chi connectivity index (χ0) is 20.1. The number of benzene rings is 1. The first-order valence-corrected chi connectivity index (χ1v) is 9.69. The maximum Gasteiger partial charge on any atom is 0.337 e. The van der Waals surface area contributed by atoms with Gasteiger partial charge in [-0.1, -0.05) is 53.7 Å². The van der Waals surface area contributed by atoms with Gasteiger partial charge in [-0.3, -0.25) is 5.01 Å². The molecule has 6 heteroatoms. The molecule has 0 aliphatic carbocycles. The molecule has 1 aromatic rings. The lowest BCUT2D eigenvalue weighted by molar-refractivity contribution is -0.205. The number of rotatable bonds is 8. The van der Waals surface area contributed by atoms with Crippen molar-refractivity contribution in [3.05, 3.63) is 41.7 Å². The molecule has 1 aliphatic rings. The van der Waals surface area contributed by atoms with E-state index in [-0.39, 0.29) is 11.9 Å². The molecular formula is C21H33N3O3. The molecule has 0 fully saturated rings. The van der Waals surface area contributed by atoms with Crippen LogP contribution in [-0.2, 0) is 14.4 Å². The van der Waals surface area contributed by atoms with Gasteiger partial charge in [0.25, 0.3) is 0 Å². The van der Waals surface area contributed by atoms with Crippen molar-refractivity contribution in [3.8, 4) is 0 Å². The average Bonchev–Trinajstić information content (AvgIpc) is 3.03. The maximum atomic E-state index is 12.1. The molecule has 27 heavy (non-hydrogen) atoms. The first kappa shape index (κ1) is 21.3. The molecule has 0 amide bonds. The summed E-state index contributed by atoms with van der Waals surface area (Å²) in [5, 5.41) is 3.45. The van der Waals surface area contributed by atoms with Gasteiger partial charge in [-0.15, -0.1) is 5.53 Å². The van der Waals surface area contributed by atoms with Gasteiger partial charge in [-0.05, 0) is 42.4 Å². The second kappa shape index (κ2) is 9.24. The Labute approximate surface area is 163 Å². The SMILES string of the molecule is CC(C)COC(=O)C(C)ON1C=C(C(C)C)N(c2ccc(C(C)C)cc2)N1. The van der Waals surface area contributed by atoms with Crippen LogP contribution in [0.1, 0.15) is 59.9 Å². The Kier molecular flexibility index (Phi) is 7.27. The number of hydrogen-bond acceptors (Lipinski definition) is 6. The summed E-state index contributed by atoms with van der Waals surface area (Å²) >= 11 is 0. The number of hydrogen-bond donors (Lipinski definition) is 1. The fourth-order valence-electron chi connectivity index (χ4n) is 2.62. The van der Waals surface area contributed by atoms with E-state index in [0.717, 1.165) is 11.4 Å². The summed E-state index contributed by atoms with van der Waals surface area (Å²) in [6, 6.07) is 8.44. The summed E-state index contributed by atoms with van der Waals surface area (Å²) in [7, 11) is 0. The van der Waals surface area contributed by atoms with Gasteiger partial charge in [-0.25, -0.2) is 9.63 Å². The van der Waals surface area contributed by atoms with E-state index in [1.54, 1.807) is 6.92 Å². The maximum absolute atomic E-state index is 12.1. The van der Waals surface area contributed by atoms with Crippen molar-refractivity contribution in [1.82, 2.24) is 10.7 Å². The highest BCUT2D eigenvalue weighted by Gasteiger charge is 2.28. The van der Waals surface area contributed by atoms with E-state index < -0.39 is 6.10 Å². The van der Waals surface area contributed by atoms with Crippen LogP contribution in [0.5, 0.6) is 0 Å². The average molecular weight is 376 g/mol. The van der Waals surface area contributed by atoms with Crippen LogP contribution in [0.15, 0.2) is 36.2 Å². The summed E-state index contributed by atoms with van der Waals surface area (Å²) in [5.41, 5.74) is 6.54. The fraction of sp³-hybridized carbons (Fsp3) is 0.571. The second-order valence-electron chi connectivity index (χ2n) is 7.99. The lowest BCUT2D eigenvalue weighted by Crippen LogP contribution is -2.44. The summed E-state index contributed by atoms with van der Waals surface area (Å²) in [5.74, 6) is 0.690. The minimum atomic E-state index is -0.704. The van der Waals surface area contributed by atoms with Crippen molar-refractivity contribution in [2.45, 2.75) is 60.5 Å². The smallest absolute Gasteiger partial charge is 0.337 e. The van der Waals surface area contributed by atoms with E-state index >= 15 is 0 Å². The van der Waals surface area contributed by atoms with Gasteiger partial charge >= 0.3 is 5.97 Å². The van der Waals surface area contributed by atoms with Crippen molar-refractivity contribution in [3.63, 3.8) is 0 Å². The number of anilines is 1. The Hall–Kier alpha value is -2.05. The lowest BCUT2D eigenvalue weighted by atomic mass is 10.0. The van der Waals surface area contributed by atoms with Crippen LogP contribution in [-0.4, -0.2) is 23.9 Å². The van der Waals surface area contributed by atoms with E-state index in [1.807, 2.05) is 25.1 Å². The van der Waals surface area contributed by atoms with Crippen LogP contribution in [0.2, 0.25) is 0 Å². The monoisotopic (exact) mass is 375 g/mol. The van der Waals surface area contributed by atoms with Gasteiger partial charge in [-0.2, -0.15) is 5.17 Å². The van der Waals surface area contributed by atoms with Gasteiger partial charge in [0, 0.05) is 0 Å². The Bertz CT molecular complexity index is 653. The number of carbonyl (C=O) groups excluding carboxylic acids is 1. The van der Waals surface area contributed by atoms with Crippen molar-refractivity contribution >= 4 is 11.7 Å². The molecule has 2 rings (SSSR count). The molecule has 0 bridgehead atoms. The Balaban J connectivity index is 2.06. The number of hydrazine groups is 2. The standard InChI is InChI=1S/C21H33N3O3/c1-14(2)13-26-21(25)17(7)27-23-12-20(16(5)6)24(22-23)19-10-8-18(9-11-19)15(3)4/h8-12,14-17,22H,13H2,1-7H3. The molecule has 1 heterocycles. The van der Waals surface area contributed by atoms with Crippen LogP contribution in [0.3, 0.4) is 0 Å².